The zero-order valence-electron chi connectivity index (χ0n) is 19.4. The number of benzene rings is 2. The molecule has 3 heterocycles. The number of halogens is 2. The fourth-order valence-corrected chi connectivity index (χ4v) is 4.23. The van der Waals surface area contributed by atoms with Gasteiger partial charge in [-0.2, -0.15) is 5.10 Å². The van der Waals surface area contributed by atoms with Crippen LogP contribution in [-0.2, 0) is 7.05 Å². The molecule has 12 heteroatoms. The van der Waals surface area contributed by atoms with Gasteiger partial charge in [-0.3, -0.25) is 14.0 Å². The minimum Gasteiger partial charge on any atom is -0.383 e. The lowest BCUT2D eigenvalue weighted by Gasteiger charge is -2.23. The molecule has 182 valence electrons. The molecule has 0 aliphatic carbocycles. The molecule has 10 nitrogen and oxygen atoms in total. The Balaban J connectivity index is 1.71. The first-order valence-corrected chi connectivity index (χ1v) is 11.4. The maximum absolute atomic E-state index is 13.7. The molecule has 2 aromatic carbocycles. The van der Waals surface area contributed by atoms with Crippen molar-refractivity contribution in [3.05, 3.63) is 82.1 Å². The van der Waals surface area contributed by atoms with Crippen molar-refractivity contribution in [1.29, 1.82) is 0 Å². The van der Waals surface area contributed by atoms with Gasteiger partial charge in [-0.1, -0.05) is 24.6 Å². The van der Waals surface area contributed by atoms with Gasteiger partial charge in [0.1, 0.15) is 41.5 Å². The van der Waals surface area contributed by atoms with Crippen LogP contribution >= 0.6 is 11.6 Å². The highest BCUT2D eigenvalue weighted by molar-refractivity contribution is 6.35. The van der Waals surface area contributed by atoms with E-state index in [9.17, 15) is 9.18 Å². The highest BCUT2D eigenvalue weighted by Gasteiger charge is 2.24. The normalized spacial score (nSPS) is 12.1. The number of aryl methyl sites for hydroxylation is 1. The summed E-state index contributed by atoms with van der Waals surface area (Å²) < 4.78 is 16.7. The first-order valence-electron chi connectivity index (χ1n) is 11.1. The first-order chi connectivity index (χ1) is 17.4. The molecule has 1 atom stereocenters. The first kappa shape index (κ1) is 23.4. The third-order valence-corrected chi connectivity index (χ3v) is 6.00. The number of rotatable bonds is 6. The Hall–Kier alpha value is -4.38. The van der Waals surface area contributed by atoms with Crippen molar-refractivity contribution in [3.63, 3.8) is 0 Å². The quantitative estimate of drug-likeness (QED) is 0.355. The third kappa shape index (κ3) is 4.13. The number of nitrogens with one attached hydrogen (secondary N) is 1. The van der Waals surface area contributed by atoms with Crippen LogP contribution in [0.3, 0.4) is 0 Å². The lowest BCUT2D eigenvalue weighted by molar-refractivity contribution is 0.625. The molecule has 5 rings (SSSR count). The summed E-state index contributed by atoms with van der Waals surface area (Å²) in [6.45, 7) is 1.93. The number of hydrogen-bond donors (Lipinski definition) is 2. The maximum Gasteiger partial charge on any atom is 0.267 e. The molecular weight excluding hydrogens is 485 g/mol. The second-order valence-electron chi connectivity index (χ2n) is 8.05. The fraction of sp³-hybridized carbons (Fsp3) is 0.167. The average Bonchev–Trinajstić information content (AvgIpc) is 3.28. The predicted molar refractivity (Wildman–Crippen MR) is 135 cm³/mol. The van der Waals surface area contributed by atoms with E-state index in [1.807, 2.05) is 6.92 Å². The Morgan fingerprint density at radius 3 is 2.61 bits per heavy atom. The van der Waals surface area contributed by atoms with Crippen LogP contribution < -0.4 is 16.6 Å². The minimum absolute atomic E-state index is 0.197. The summed E-state index contributed by atoms with van der Waals surface area (Å²) in [4.78, 5) is 31.3. The van der Waals surface area contributed by atoms with Crippen LogP contribution in [0.1, 0.15) is 25.2 Å². The number of aromatic nitrogens is 7. The Labute approximate surface area is 209 Å². The van der Waals surface area contributed by atoms with E-state index in [2.05, 4.69) is 25.4 Å². The summed E-state index contributed by atoms with van der Waals surface area (Å²) in [5, 5.41) is 8.22. The minimum atomic E-state index is -0.511. The Kier molecular flexibility index (Phi) is 6.06. The van der Waals surface area contributed by atoms with Gasteiger partial charge in [-0.25, -0.2) is 24.3 Å². The summed E-state index contributed by atoms with van der Waals surface area (Å²) in [6, 6.07) is 10.2. The average molecular weight is 506 g/mol. The number of fused-ring (bicyclic) bond motifs is 1. The molecule has 0 amide bonds. The van der Waals surface area contributed by atoms with Crippen LogP contribution in [0.5, 0.6) is 0 Å². The number of nitrogens with zero attached hydrogens (tertiary/aromatic N) is 7. The zero-order valence-corrected chi connectivity index (χ0v) is 20.1. The monoisotopic (exact) mass is 505 g/mol. The van der Waals surface area contributed by atoms with Crippen molar-refractivity contribution in [2.45, 2.75) is 19.4 Å². The molecule has 0 aliphatic heterocycles. The lowest BCUT2D eigenvalue weighted by Crippen LogP contribution is -2.28. The largest absolute Gasteiger partial charge is 0.383 e. The fourth-order valence-electron chi connectivity index (χ4n) is 3.98. The van der Waals surface area contributed by atoms with Crippen molar-refractivity contribution < 1.29 is 4.39 Å². The predicted octanol–water partition coefficient (Wildman–Crippen LogP) is 3.91. The molecular formula is C24H21ClFN9O. The zero-order chi connectivity index (χ0) is 25.4. The molecule has 0 aliphatic rings. The van der Waals surface area contributed by atoms with Crippen LogP contribution in [0, 0.1) is 5.82 Å². The van der Waals surface area contributed by atoms with Gasteiger partial charge in [0.25, 0.3) is 5.56 Å². The summed E-state index contributed by atoms with van der Waals surface area (Å²) in [5.74, 6) is 0.895. The van der Waals surface area contributed by atoms with Gasteiger partial charge in [0, 0.05) is 7.05 Å². The van der Waals surface area contributed by atoms with Gasteiger partial charge >= 0.3 is 0 Å². The summed E-state index contributed by atoms with van der Waals surface area (Å²) in [5.41, 5.74) is 7.10. The van der Waals surface area contributed by atoms with Crippen molar-refractivity contribution in [1.82, 2.24) is 34.3 Å². The molecule has 0 saturated heterocycles. The lowest BCUT2D eigenvalue weighted by atomic mass is 10.1. The van der Waals surface area contributed by atoms with E-state index in [-0.39, 0.29) is 21.8 Å². The molecule has 0 spiro atoms. The topological polar surface area (TPSA) is 129 Å². The molecule has 0 fully saturated rings. The molecule has 3 aromatic heterocycles. The van der Waals surface area contributed by atoms with Gasteiger partial charge in [0.15, 0.2) is 5.82 Å². The van der Waals surface area contributed by atoms with Gasteiger partial charge in [-0.05, 0) is 42.8 Å². The molecule has 3 N–H and O–H groups in total. The van der Waals surface area contributed by atoms with E-state index in [0.29, 0.717) is 40.7 Å². The van der Waals surface area contributed by atoms with Crippen LogP contribution in [0.2, 0.25) is 5.02 Å². The second kappa shape index (κ2) is 9.34. The summed E-state index contributed by atoms with van der Waals surface area (Å²) in [7, 11) is 1.74. The van der Waals surface area contributed by atoms with Crippen LogP contribution in [0.4, 0.5) is 16.0 Å². The summed E-state index contributed by atoms with van der Waals surface area (Å²) in [6.07, 6.45) is 3.39. The van der Waals surface area contributed by atoms with Gasteiger partial charge in [0.05, 0.1) is 27.7 Å². The van der Waals surface area contributed by atoms with Gasteiger partial charge in [-0.15, -0.1) is 0 Å². The second-order valence-corrected chi connectivity index (χ2v) is 8.46. The van der Waals surface area contributed by atoms with Gasteiger partial charge < -0.3 is 11.1 Å². The highest BCUT2D eigenvalue weighted by Crippen LogP contribution is 2.32. The molecule has 0 saturated carbocycles. The van der Waals surface area contributed by atoms with Gasteiger partial charge in [0.2, 0.25) is 0 Å². The summed E-state index contributed by atoms with van der Waals surface area (Å²) >= 11 is 6.37. The van der Waals surface area contributed by atoms with E-state index in [0.717, 1.165) is 0 Å². The molecule has 1 unspecified atom stereocenters. The van der Waals surface area contributed by atoms with Crippen molar-refractivity contribution in [2.24, 2.45) is 7.05 Å². The smallest absolute Gasteiger partial charge is 0.267 e. The number of nitrogens with two attached hydrogens (primary N) is 1. The number of nitrogen functional groups attached to an aromatic ring is 1. The third-order valence-electron chi connectivity index (χ3n) is 5.69. The van der Waals surface area contributed by atoms with E-state index in [1.165, 1.54) is 35.2 Å². The Morgan fingerprint density at radius 2 is 1.92 bits per heavy atom. The SMILES string of the molecule is CCC(Nc1ncnc(N)c1-c1ncn(C)n1)c1nc2cccc(Cl)c2c(=O)n1-c1ccc(F)cc1. The van der Waals surface area contributed by atoms with Crippen molar-refractivity contribution in [2.75, 3.05) is 11.1 Å². The Morgan fingerprint density at radius 1 is 1.14 bits per heavy atom. The standard InChI is InChI=1S/C24H21ClFN9O/c1-3-16(31-21-19(20(27)28-11-29-21)22-30-12-34(2)33-22)23-32-17-6-4-5-15(25)18(17)24(36)35(23)14-9-7-13(26)8-10-14/h4-12,16H,3H2,1-2H3,(H3,27,28,29,31). The van der Waals surface area contributed by atoms with Crippen LogP contribution in [0.15, 0.2) is 59.9 Å². The van der Waals surface area contributed by atoms with Crippen molar-refractivity contribution >= 4 is 34.1 Å². The molecule has 5 aromatic rings. The Bertz CT molecular complexity index is 1630. The molecule has 0 radical (unpaired) electrons. The molecule has 0 bridgehead atoms. The van der Waals surface area contributed by atoms with E-state index in [1.54, 1.807) is 36.3 Å². The van der Waals surface area contributed by atoms with E-state index >= 15 is 0 Å². The maximum atomic E-state index is 13.7. The number of hydrogen-bond acceptors (Lipinski definition) is 8. The highest BCUT2D eigenvalue weighted by atomic mass is 35.5. The number of anilines is 2. The van der Waals surface area contributed by atoms with E-state index in [4.69, 9.17) is 22.3 Å². The van der Waals surface area contributed by atoms with E-state index < -0.39 is 11.9 Å². The van der Waals surface area contributed by atoms with Crippen molar-refractivity contribution in [3.8, 4) is 17.1 Å². The van der Waals surface area contributed by atoms with Crippen LogP contribution in [0.25, 0.3) is 28.0 Å². The van der Waals surface area contributed by atoms with Crippen LogP contribution in [-0.4, -0.2) is 34.3 Å². The molecule has 36 heavy (non-hydrogen) atoms.